The molecule has 2 bridgehead atoms. The number of hydrogen-bond donors (Lipinski definition) is 2. The Balaban J connectivity index is 1.33. The first-order valence-corrected chi connectivity index (χ1v) is 10.1. The summed E-state index contributed by atoms with van der Waals surface area (Å²) in [6.07, 6.45) is 4.66. The van der Waals surface area contributed by atoms with E-state index in [-0.39, 0.29) is 23.9 Å². The fourth-order valence-electron chi connectivity index (χ4n) is 5.16. The van der Waals surface area contributed by atoms with Crippen molar-refractivity contribution in [2.24, 2.45) is 11.8 Å². The standard InChI is InChI=1S/C24H24N2O2/c27-22(14-20-13-17-7-3-4-8-21(17)24(28)25-20)26-23-18-9-10-19(23)12-16-6-2-1-5-15(16)11-18/h1-8,13,18-19,23H,9-12,14H2,(H,25,28)(H,26,27)/t18-,19-/m0/s1. The molecule has 0 radical (unpaired) electrons. The van der Waals surface area contributed by atoms with Crippen molar-refractivity contribution in [2.75, 3.05) is 0 Å². The van der Waals surface area contributed by atoms with Gasteiger partial charge in [-0.15, -0.1) is 0 Å². The lowest BCUT2D eigenvalue weighted by atomic mass is 9.94. The second-order valence-electron chi connectivity index (χ2n) is 8.26. The zero-order valence-corrected chi connectivity index (χ0v) is 15.8. The number of hydrogen-bond acceptors (Lipinski definition) is 2. The molecule has 2 aliphatic rings. The minimum Gasteiger partial charge on any atom is -0.352 e. The van der Waals surface area contributed by atoms with Crippen molar-refractivity contribution in [1.82, 2.24) is 10.3 Å². The van der Waals surface area contributed by atoms with Gasteiger partial charge in [-0.25, -0.2) is 0 Å². The van der Waals surface area contributed by atoms with Crippen LogP contribution in [0.25, 0.3) is 10.8 Å². The van der Waals surface area contributed by atoms with Crippen LogP contribution in [-0.4, -0.2) is 16.9 Å². The number of benzene rings is 2. The van der Waals surface area contributed by atoms with Crippen LogP contribution in [0.2, 0.25) is 0 Å². The molecule has 1 fully saturated rings. The fourth-order valence-corrected chi connectivity index (χ4v) is 5.16. The van der Waals surface area contributed by atoms with E-state index in [4.69, 9.17) is 0 Å². The number of carbonyl (C=O) groups is 1. The number of pyridine rings is 1. The van der Waals surface area contributed by atoms with E-state index in [0.717, 1.165) is 18.2 Å². The number of nitrogens with one attached hydrogen (secondary N) is 2. The minimum absolute atomic E-state index is 0.00112. The topological polar surface area (TPSA) is 62.0 Å². The molecule has 2 aromatic carbocycles. The highest BCUT2D eigenvalue weighted by Gasteiger charge is 2.39. The molecule has 2 atom stereocenters. The van der Waals surface area contributed by atoms with Crippen LogP contribution >= 0.6 is 0 Å². The fraction of sp³-hybridized carbons (Fsp3) is 0.333. The molecule has 1 heterocycles. The first kappa shape index (κ1) is 17.2. The molecule has 2 N–H and O–H groups in total. The summed E-state index contributed by atoms with van der Waals surface area (Å²) in [5.41, 5.74) is 3.41. The average molecular weight is 372 g/mol. The number of carbonyl (C=O) groups excluding carboxylic acids is 1. The maximum absolute atomic E-state index is 12.8. The lowest BCUT2D eigenvalue weighted by molar-refractivity contribution is -0.121. The smallest absolute Gasteiger partial charge is 0.256 e. The Hall–Kier alpha value is -2.88. The van der Waals surface area contributed by atoms with Crippen molar-refractivity contribution in [3.63, 3.8) is 0 Å². The largest absolute Gasteiger partial charge is 0.352 e. The van der Waals surface area contributed by atoms with E-state index in [1.807, 2.05) is 24.3 Å². The van der Waals surface area contributed by atoms with E-state index in [9.17, 15) is 9.59 Å². The Labute approximate surface area is 164 Å². The van der Waals surface area contributed by atoms with Crippen molar-refractivity contribution in [2.45, 2.75) is 38.1 Å². The van der Waals surface area contributed by atoms with Crippen molar-refractivity contribution >= 4 is 16.7 Å². The summed E-state index contributed by atoms with van der Waals surface area (Å²) in [5.74, 6) is 1.01. The molecule has 5 rings (SSSR count). The van der Waals surface area contributed by atoms with Gasteiger partial charge in [-0.1, -0.05) is 42.5 Å². The number of amides is 1. The Bertz CT molecular complexity index is 1070. The van der Waals surface area contributed by atoms with Crippen molar-refractivity contribution in [1.29, 1.82) is 0 Å². The maximum Gasteiger partial charge on any atom is 0.256 e. The number of rotatable bonds is 3. The van der Waals surface area contributed by atoms with Gasteiger partial charge >= 0.3 is 0 Å². The van der Waals surface area contributed by atoms with Gasteiger partial charge in [-0.3, -0.25) is 9.59 Å². The monoisotopic (exact) mass is 372 g/mol. The molecule has 1 amide bonds. The highest BCUT2D eigenvalue weighted by molar-refractivity contribution is 5.84. The zero-order chi connectivity index (χ0) is 19.1. The summed E-state index contributed by atoms with van der Waals surface area (Å²) in [6, 6.07) is 18.3. The molecule has 0 saturated heterocycles. The lowest BCUT2D eigenvalue weighted by Gasteiger charge is -2.23. The number of H-pyrrole nitrogens is 1. The third-order valence-corrected chi connectivity index (χ3v) is 6.49. The van der Waals surface area contributed by atoms with Crippen LogP contribution in [0.1, 0.15) is 29.7 Å². The number of fused-ring (bicyclic) bond motifs is 4. The first-order chi connectivity index (χ1) is 13.7. The van der Waals surface area contributed by atoms with Gasteiger partial charge in [0.05, 0.1) is 6.42 Å². The van der Waals surface area contributed by atoms with Gasteiger partial charge in [0.25, 0.3) is 5.56 Å². The van der Waals surface area contributed by atoms with E-state index >= 15 is 0 Å². The minimum atomic E-state index is -0.133. The van der Waals surface area contributed by atoms with Gasteiger partial charge < -0.3 is 10.3 Å². The van der Waals surface area contributed by atoms with Crippen LogP contribution in [0.5, 0.6) is 0 Å². The van der Waals surface area contributed by atoms with Crippen LogP contribution < -0.4 is 10.9 Å². The molecule has 3 aromatic rings. The third-order valence-electron chi connectivity index (χ3n) is 6.49. The summed E-state index contributed by atoms with van der Waals surface area (Å²) < 4.78 is 0. The number of aromatic nitrogens is 1. The van der Waals surface area contributed by atoms with Crippen molar-refractivity contribution < 1.29 is 4.79 Å². The van der Waals surface area contributed by atoms with E-state index in [0.29, 0.717) is 22.9 Å². The molecule has 1 saturated carbocycles. The SMILES string of the molecule is O=C(Cc1cc2ccccc2c(=O)[nH]1)NC1[C@H]2CC[C@H]1Cc1ccccc1C2. The second-order valence-corrected chi connectivity index (χ2v) is 8.26. The van der Waals surface area contributed by atoms with Gasteiger partial charge in [-0.05, 0) is 66.2 Å². The molecule has 0 unspecified atom stereocenters. The lowest BCUT2D eigenvalue weighted by Crippen LogP contribution is -2.42. The molecule has 28 heavy (non-hydrogen) atoms. The molecule has 1 aromatic heterocycles. The predicted molar refractivity (Wildman–Crippen MR) is 110 cm³/mol. The molecule has 4 heteroatoms. The zero-order valence-electron chi connectivity index (χ0n) is 15.8. The summed E-state index contributed by atoms with van der Waals surface area (Å²) in [4.78, 5) is 27.9. The molecule has 0 spiro atoms. The van der Waals surface area contributed by atoms with Crippen LogP contribution in [0.4, 0.5) is 0 Å². The Morgan fingerprint density at radius 2 is 1.61 bits per heavy atom. The van der Waals surface area contributed by atoms with Crippen molar-refractivity contribution in [3.8, 4) is 0 Å². The molecular weight excluding hydrogens is 348 g/mol. The normalized spacial score (nSPS) is 23.2. The summed E-state index contributed by atoms with van der Waals surface area (Å²) >= 11 is 0. The predicted octanol–water partition coefficient (Wildman–Crippen LogP) is 3.38. The highest BCUT2D eigenvalue weighted by Crippen LogP contribution is 2.40. The van der Waals surface area contributed by atoms with E-state index in [1.165, 1.54) is 24.0 Å². The maximum atomic E-state index is 12.8. The quantitative estimate of drug-likeness (QED) is 0.740. The number of aromatic amines is 1. The Kier molecular flexibility index (Phi) is 4.27. The molecule has 4 nitrogen and oxygen atoms in total. The molecular formula is C24H24N2O2. The van der Waals surface area contributed by atoms with E-state index in [1.54, 1.807) is 6.07 Å². The van der Waals surface area contributed by atoms with E-state index < -0.39 is 0 Å². The Morgan fingerprint density at radius 1 is 0.964 bits per heavy atom. The van der Waals surface area contributed by atoms with Crippen LogP contribution in [-0.2, 0) is 24.1 Å². The Morgan fingerprint density at radius 3 is 2.32 bits per heavy atom. The second kappa shape index (κ2) is 6.93. The molecule has 2 aliphatic carbocycles. The molecule has 142 valence electrons. The first-order valence-electron chi connectivity index (χ1n) is 10.1. The van der Waals surface area contributed by atoms with Gasteiger partial charge in [-0.2, -0.15) is 0 Å². The van der Waals surface area contributed by atoms with Crippen LogP contribution in [0, 0.1) is 11.8 Å². The van der Waals surface area contributed by atoms with Gasteiger partial charge in [0.1, 0.15) is 0 Å². The molecule has 0 aliphatic heterocycles. The summed E-state index contributed by atoms with van der Waals surface area (Å²) in [5, 5.41) is 4.84. The van der Waals surface area contributed by atoms with Gasteiger partial charge in [0.2, 0.25) is 5.91 Å². The summed E-state index contributed by atoms with van der Waals surface area (Å²) in [6.45, 7) is 0. The van der Waals surface area contributed by atoms with Gasteiger partial charge in [0.15, 0.2) is 0 Å². The van der Waals surface area contributed by atoms with Crippen molar-refractivity contribution in [3.05, 3.63) is 81.8 Å². The van der Waals surface area contributed by atoms with Gasteiger partial charge in [0, 0.05) is 17.1 Å². The van der Waals surface area contributed by atoms with E-state index in [2.05, 4.69) is 34.6 Å². The van der Waals surface area contributed by atoms with Crippen LogP contribution in [0.15, 0.2) is 59.4 Å². The van der Waals surface area contributed by atoms with Crippen LogP contribution in [0.3, 0.4) is 0 Å². The average Bonchev–Trinajstić information content (AvgIpc) is 2.95. The third kappa shape index (κ3) is 3.13. The highest BCUT2D eigenvalue weighted by atomic mass is 16.1. The summed E-state index contributed by atoms with van der Waals surface area (Å²) in [7, 11) is 0.